The van der Waals surface area contributed by atoms with Gasteiger partial charge in [-0.15, -0.1) is 0 Å². The average molecular weight is 427 g/mol. The molecule has 7 nitrogen and oxygen atoms in total. The number of carboxylic acid groups (broad SMARTS) is 1. The largest absolute Gasteiger partial charge is 0.480 e. The lowest BCUT2D eigenvalue weighted by atomic mass is 10.1. The summed E-state index contributed by atoms with van der Waals surface area (Å²) >= 11 is 0. The van der Waals surface area contributed by atoms with Crippen molar-refractivity contribution in [1.82, 2.24) is 15.2 Å². The van der Waals surface area contributed by atoms with Gasteiger partial charge in [0.1, 0.15) is 11.9 Å². The van der Waals surface area contributed by atoms with Gasteiger partial charge in [0.2, 0.25) is 5.91 Å². The minimum atomic E-state index is -0.856. The first kappa shape index (κ1) is 21.3. The molecule has 1 saturated heterocycles. The van der Waals surface area contributed by atoms with E-state index in [0.717, 1.165) is 55.7 Å². The molecule has 3 N–H and O–H groups in total. The van der Waals surface area contributed by atoms with Crippen molar-refractivity contribution < 1.29 is 17.5 Å². The Hall–Kier alpha value is -2.93. The number of fused-ring (bicyclic) bond motifs is 1. The van der Waals surface area contributed by atoms with Gasteiger partial charge in [-0.05, 0) is 49.3 Å². The molecule has 7 heteroatoms. The smallest absolute Gasteiger partial charge is 0.325 e. The molecule has 0 radical (unpaired) electrons. The van der Waals surface area contributed by atoms with E-state index in [1.807, 2.05) is 35.2 Å². The van der Waals surface area contributed by atoms with E-state index >= 15 is 0 Å². The Morgan fingerprint density at radius 1 is 1.26 bits per heavy atom. The highest BCUT2D eigenvalue weighted by Gasteiger charge is 2.33. The maximum Gasteiger partial charge on any atom is 0.325 e. The van der Waals surface area contributed by atoms with Crippen molar-refractivity contribution in [2.75, 3.05) is 25.0 Å². The molecule has 1 aromatic carbocycles. The Morgan fingerprint density at radius 2 is 2.10 bits per heavy atom. The summed E-state index contributed by atoms with van der Waals surface area (Å²) < 4.78 is 0. The number of pyridine rings is 1. The van der Waals surface area contributed by atoms with Crippen LogP contribution in [0.2, 0.25) is 0 Å². The Labute approximate surface area is 185 Å². The molecule has 31 heavy (non-hydrogen) atoms. The van der Waals surface area contributed by atoms with Crippen LogP contribution in [0.4, 0.5) is 5.82 Å². The van der Waals surface area contributed by atoms with E-state index in [2.05, 4.69) is 27.8 Å². The minimum absolute atomic E-state index is 0. The Bertz CT molecular complexity index is 929. The summed E-state index contributed by atoms with van der Waals surface area (Å²) in [5.41, 5.74) is 3.06. The number of anilines is 1. The first-order valence-corrected chi connectivity index (χ1v) is 11.1. The van der Waals surface area contributed by atoms with Crippen molar-refractivity contribution in [3.05, 3.63) is 59.3 Å². The number of nitrogens with zero attached hydrogens (tertiary/aromatic N) is 2. The minimum Gasteiger partial charge on any atom is -0.480 e. The Morgan fingerprint density at radius 3 is 2.90 bits per heavy atom. The van der Waals surface area contributed by atoms with E-state index in [-0.39, 0.29) is 14.8 Å². The maximum absolute atomic E-state index is 12.4. The zero-order valence-electron chi connectivity index (χ0n) is 17.7. The van der Waals surface area contributed by atoms with E-state index < -0.39 is 12.0 Å². The van der Waals surface area contributed by atoms with Gasteiger partial charge in [-0.25, -0.2) is 4.98 Å². The third kappa shape index (κ3) is 5.41. The van der Waals surface area contributed by atoms with E-state index in [4.69, 9.17) is 0 Å². The molecular weight excluding hydrogens is 392 g/mol. The first-order chi connectivity index (χ1) is 15.1. The lowest BCUT2D eigenvalue weighted by molar-refractivity contribution is -0.143. The number of carbonyl (C=O) groups excluding carboxylic acids is 1. The number of aromatic nitrogens is 1. The second-order valence-corrected chi connectivity index (χ2v) is 8.39. The molecule has 1 fully saturated rings. The summed E-state index contributed by atoms with van der Waals surface area (Å²) in [5, 5.41) is 16.1. The number of aliphatic carboxylic acids is 1. The number of rotatable bonds is 8. The summed E-state index contributed by atoms with van der Waals surface area (Å²) in [6, 6.07) is 12.8. The maximum atomic E-state index is 12.4. The molecule has 2 aromatic rings. The van der Waals surface area contributed by atoms with Gasteiger partial charge in [0.25, 0.3) is 0 Å². The van der Waals surface area contributed by atoms with Gasteiger partial charge in [0.15, 0.2) is 0 Å². The standard InChI is InChI=1S/C24H30N4O3.2H2/c29-21(10-4-9-19-12-11-18-8-5-14-25-23(18)27-19)26-20-13-15-28(16-20)22(24(30)31)17-6-2-1-3-7-17;;/h1-3,6-7,11-12,20,22H,4-5,8-10,13-16H2,(H,25,27)(H,26,29)(H,30,31);2*1H/t20-,22?;;/m1../s1. The molecule has 2 atom stereocenters. The summed E-state index contributed by atoms with van der Waals surface area (Å²) in [6.45, 7) is 2.18. The average Bonchev–Trinajstić information content (AvgIpc) is 3.22. The molecule has 0 bridgehead atoms. The Kier molecular flexibility index (Phi) is 6.82. The molecule has 0 aliphatic carbocycles. The fraction of sp³-hybridized carbons (Fsp3) is 0.458. The molecule has 3 heterocycles. The third-order valence-electron chi connectivity index (χ3n) is 6.09. The highest BCUT2D eigenvalue weighted by molar-refractivity contribution is 5.77. The van der Waals surface area contributed by atoms with Crippen LogP contribution in [-0.2, 0) is 22.4 Å². The summed E-state index contributed by atoms with van der Waals surface area (Å²) in [6.07, 6.45) is 4.95. The van der Waals surface area contributed by atoms with E-state index in [1.54, 1.807) is 0 Å². The highest BCUT2D eigenvalue weighted by atomic mass is 16.4. The molecule has 1 aromatic heterocycles. The number of amides is 1. The van der Waals surface area contributed by atoms with Gasteiger partial charge in [-0.3, -0.25) is 14.5 Å². The van der Waals surface area contributed by atoms with Crippen LogP contribution in [0.15, 0.2) is 42.5 Å². The number of nitrogens with one attached hydrogen (secondary N) is 2. The SMILES string of the molecule is O=C(CCCc1ccc2c(n1)NCCC2)N[C@@H]1CCN(C(C(=O)O)c2ccccc2)C1.[HH].[HH]. The van der Waals surface area contributed by atoms with Crippen LogP contribution >= 0.6 is 0 Å². The summed E-state index contributed by atoms with van der Waals surface area (Å²) in [5.74, 6) is 0.158. The number of hydrogen-bond acceptors (Lipinski definition) is 5. The van der Waals surface area contributed by atoms with Crippen LogP contribution in [0, 0.1) is 0 Å². The van der Waals surface area contributed by atoms with Crippen molar-refractivity contribution >= 4 is 17.7 Å². The summed E-state index contributed by atoms with van der Waals surface area (Å²) in [7, 11) is 0. The molecule has 1 amide bonds. The van der Waals surface area contributed by atoms with Crippen molar-refractivity contribution in [3.8, 4) is 0 Å². The number of carbonyl (C=O) groups is 2. The fourth-order valence-electron chi connectivity index (χ4n) is 4.52. The summed E-state index contributed by atoms with van der Waals surface area (Å²) in [4.78, 5) is 30.9. The van der Waals surface area contributed by atoms with Gasteiger partial charge in [0, 0.05) is 40.6 Å². The van der Waals surface area contributed by atoms with Crippen LogP contribution in [-0.4, -0.2) is 52.5 Å². The molecule has 168 valence electrons. The number of carboxylic acids is 1. The third-order valence-corrected chi connectivity index (χ3v) is 6.09. The second-order valence-electron chi connectivity index (χ2n) is 8.39. The molecular formula is C24H34N4O3. The monoisotopic (exact) mass is 426 g/mol. The van der Waals surface area contributed by atoms with Crippen LogP contribution < -0.4 is 10.6 Å². The van der Waals surface area contributed by atoms with Crippen LogP contribution in [0.25, 0.3) is 0 Å². The lowest BCUT2D eigenvalue weighted by Gasteiger charge is -2.24. The molecule has 0 saturated carbocycles. The molecule has 0 spiro atoms. The zero-order valence-corrected chi connectivity index (χ0v) is 17.7. The number of hydrogen-bond donors (Lipinski definition) is 3. The van der Waals surface area contributed by atoms with Crippen LogP contribution in [0.3, 0.4) is 0 Å². The number of aryl methyl sites for hydroxylation is 2. The molecule has 2 aliphatic heterocycles. The zero-order chi connectivity index (χ0) is 21.6. The predicted octanol–water partition coefficient (Wildman–Crippen LogP) is 3.27. The Balaban J connectivity index is 0.00000193. The van der Waals surface area contributed by atoms with Crippen molar-refractivity contribution in [3.63, 3.8) is 0 Å². The quantitative estimate of drug-likeness (QED) is 0.600. The van der Waals surface area contributed by atoms with Crippen LogP contribution in [0.1, 0.15) is 51.4 Å². The first-order valence-electron chi connectivity index (χ1n) is 11.1. The molecule has 1 unspecified atom stereocenters. The number of benzene rings is 1. The normalized spacial score (nSPS) is 19.3. The van der Waals surface area contributed by atoms with Crippen molar-refractivity contribution in [1.29, 1.82) is 0 Å². The highest BCUT2D eigenvalue weighted by Crippen LogP contribution is 2.25. The predicted molar refractivity (Wildman–Crippen MR) is 123 cm³/mol. The van der Waals surface area contributed by atoms with Gasteiger partial charge < -0.3 is 15.7 Å². The number of likely N-dealkylation sites (tertiary alicyclic amines) is 1. The van der Waals surface area contributed by atoms with Gasteiger partial charge in [-0.2, -0.15) is 0 Å². The van der Waals surface area contributed by atoms with Gasteiger partial charge in [-0.1, -0.05) is 36.4 Å². The lowest BCUT2D eigenvalue weighted by Crippen LogP contribution is -2.39. The van der Waals surface area contributed by atoms with E-state index in [0.29, 0.717) is 19.5 Å². The topological polar surface area (TPSA) is 94.6 Å². The second kappa shape index (κ2) is 9.92. The van der Waals surface area contributed by atoms with Gasteiger partial charge in [0.05, 0.1) is 0 Å². The fourth-order valence-corrected chi connectivity index (χ4v) is 4.52. The van der Waals surface area contributed by atoms with Crippen molar-refractivity contribution in [2.45, 2.75) is 50.6 Å². The van der Waals surface area contributed by atoms with E-state index in [1.165, 1.54) is 5.56 Å². The van der Waals surface area contributed by atoms with E-state index in [9.17, 15) is 14.7 Å². The molecule has 2 aliphatic rings. The van der Waals surface area contributed by atoms with Crippen molar-refractivity contribution in [2.24, 2.45) is 0 Å². The van der Waals surface area contributed by atoms with Crippen LogP contribution in [0.5, 0.6) is 0 Å². The molecule has 4 rings (SSSR count). The van der Waals surface area contributed by atoms with Gasteiger partial charge >= 0.3 is 5.97 Å².